The van der Waals surface area contributed by atoms with Gasteiger partial charge in [0.05, 0.1) is 31.3 Å². The van der Waals surface area contributed by atoms with Crippen molar-refractivity contribution in [3.05, 3.63) is 84.6 Å². The number of hydrogen-bond donors (Lipinski definition) is 2. The van der Waals surface area contributed by atoms with Gasteiger partial charge in [0, 0.05) is 12.1 Å². The number of para-hydroxylation sites is 2. The van der Waals surface area contributed by atoms with Crippen molar-refractivity contribution in [1.82, 2.24) is 14.7 Å². The molecular weight excluding hydrogens is 506 g/mol. The van der Waals surface area contributed by atoms with Gasteiger partial charge in [-0.25, -0.2) is 9.48 Å². The number of ether oxygens (including phenoxy) is 2. The van der Waals surface area contributed by atoms with Crippen LogP contribution in [0.3, 0.4) is 0 Å². The van der Waals surface area contributed by atoms with Crippen molar-refractivity contribution in [3.63, 3.8) is 0 Å². The van der Waals surface area contributed by atoms with E-state index in [1.165, 1.54) is 4.90 Å². The first-order chi connectivity index (χ1) is 19.3. The van der Waals surface area contributed by atoms with Gasteiger partial charge >= 0.3 is 6.03 Å². The summed E-state index contributed by atoms with van der Waals surface area (Å²) in [5.74, 6) is 1.57. The second-order valence-electron chi connectivity index (χ2n) is 9.74. The molecule has 0 saturated heterocycles. The van der Waals surface area contributed by atoms with Crippen LogP contribution in [0.25, 0.3) is 16.8 Å². The number of rotatable bonds is 10. The van der Waals surface area contributed by atoms with Gasteiger partial charge in [0.15, 0.2) is 0 Å². The van der Waals surface area contributed by atoms with E-state index >= 15 is 0 Å². The average Bonchev–Trinajstić information content (AvgIpc) is 3.28. The molecule has 3 aromatic carbocycles. The highest BCUT2D eigenvalue weighted by atomic mass is 16.5. The molecule has 0 spiro atoms. The number of nitrogens with one attached hydrogen (secondary N) is 2. The molecule has 0 bridgehead atoms. The number of hydrogen-bond acceptors (Lipinski definition) is 5. The molecule has 208 valence electrons. The van der Waals surface area contributed by atoms with Gasteiger partial charge in [-0.3, -0.25) is 4.79 Å². The highest BCUT2D eigenvalue weighted by molar-refractivity contribution is 5.99. The van der Waals surface area contributed by atoms with E-state index in [2.05, 4.69) is 10.6 Å². The van der Waals surface area contributed by atoms with Gasteiger partial charge in [-0.1, -0.05) is 56.3 Å². The first-order valence-corrected chi connectivity index (χ1v) is 13.1. The van der Waals surface area contributed by atoms with Crippen molar-refractivity contribution in [2.45, 2.75) is 20.8 Å². The van der Waals surface area contributed by atoms with E-state index in [9.17, 15) is 9.59 Å². The number of aryl methyl sites for hydroxylation is 1. The van der Waals surface area contributed by atoms with Crippen molar-refractivity contribution in [3.8, 4) is 28.3 Å². The minimum Gasteiger partial charge on any atom is -0.497 e. The average molecular weight is 542 g/mol. The molecule has 40 heavy (non-hydrogen) atoms. The third kappa shape index (κ3) is 6.61. The molecule has 0 aliphatic rings. The molecule has 9 heteroatoms. The number of aromatic nitrogens is 2. The van der Waals surface area contributed by atoms with Crippen molar-refractivity contribution in [2.75, 3.05) is 37.9 Å². The smallest absolute Gasteiger partial charge is 0.322 e. The van der Waals surface area contributed by atoms with E-state index in [0.717, 1.165) is 22.5 Å². The number of carbonyl (C=O) groups is 2. The maximum absolute atomic E-state index is 13.5. The lowest BCUT2D eigenvalue weighted by Crippen LogP contribution is -2.42. The highest BCUT2D eigenvalue weighted by Gasteiger charge is 2.24. The predicted molar refractivity (Wildman–Crippen MR) is 157 cm³/mol. The topological polar surface area (TPSA) is 97.7 Å². The van der Waals surface area contributed by atoms with Crippen LogP contribution in [-0.4, -0.2) is 53.9 Å². The number of nitrogens with zero attached hydrogens (tertiary/aromatic N) is 3. The van der Waals surface area contributed by atoms with Crippen LogP contribution in [0.1, 0.15) is 19.5 Å². The summed E-state index contributed by atoms with van der Waals surface area (Å²) in [5.41, 5.74) is 3.77. The van der Waals surface area contributed by atoms with Crippen LogP contribution < -0.4 is 20.1 Å². The summed E-state index contributed by atoms with van der Waals surface area (Å²) >= 11 is 0. The Balaban J connectivity index is 1.64. The molecule has 0 atom stereocenters. The number of methoxy groups -OCH3 is 2. The Morgan fingerprint density at radius 3 is 2.23 bits per heavy atom. The van der Waals surface area contributed by atoms with E-state index in [0.29, 0.717) is 29.5 Å². The number of amides is 3. The fourth-order valence-corrected chi connectivity index (χ4v) is 4.45. The Morgan fingerprint density at radius 1 is 0.900 bits per heavy atom. The number of urea groups is 1. The molecule has 1 heterocycles. The largest absolute Gasteiger partial charge is 0.497 e. The first kappa shape index (κ1) is 28.2. The summed E-state index contributed by atoms with van der Waals surface area (Å²) in [5, 5.41) is 10.7. The molecule has 0 saturated carbocycles. The quantitative estimate of drug-likeness (QED) is 0.257. The monoisotopic (exact) mass is 541 g/mol. The zero-order chi connectivity index (χ0) is 28.6. The van der Waals surface area contributed by atoms with Gasteiger partial charge in [0.1, 0.15) is 23.9 Å². The summed E-state index contributed by atoms with van der Waals surface area (Å²) in [6.45, 7) is 6.13. The summed E-state index contributed by atoms with van der Waals surface area (Å²) in [6, 6.07) is 24.0. The standard InChI is InChI=1S/C31H35N5O4/c1-21(2)19-35(31(38)32-26-13-9-10-14-27(26)40-5)20-28(37)33-30-29(23-11-7-6-8-12-23)22(3)34-36(30)24-15-17-25(39-4)18-16-24/h6-18,21H,19-20H2,1-5H3,(H,32,38)(H,33,37). The molecule has 0 fully saturated rings. The summed E-state index contributed by atoms with van der Waals surface area (Å²) in [7, 11) is 3.15. The molecule has 0 unspecified atom stereocenters. The van der Waals surface area contributed by atoms with E-state index in [1.54, 1.807) is 31.0 Å². The van der Waals surface area contributed by atoms with E-state index in [1.807, 2.05) is 87.5 Å². The van der Waals surface area contributed by atoms with Crippen LogP contribution in [0.5, 0.6) is 11.5 Å². The highest BCUT2D eigenvalue weighted by Crippen LogP contribution is 2.34. The molecule has 2 N–H and O–H groups in total. The summed E-state index contributed by atoms with van der Waals surface area (Å²) < 4.78 is 12.4. The van der Waals surface area contributed by atoms with Gasteiger partial charge in [-0.05, 0) is 54.8 Å². The number of anilines is 2. The molecular formula is C31H35N5O4. The van der Waals surface area contributed by atoms with E-state index in [4.69, 9.17) is 14.6 Å². The molecule has 9 nitrogen and oxygen atoms in total. The van der Waals surface area contributed by atoms with Crippen LogP contribution in [0.4, 0.5) is 16.3 Å². The fourth-order valence-electron chi connectivity index (χ4n) is 4.45. The van der Waals surface area contributed by atoms with Crippen molar-refractivity contribution < 1.29 is 19.1 Å². The number of carbonyl (C=O) groups excluding carboxylic acids is 2. The Kier molecular flexibility index (Phi) is 9.06. The lowest BCUT2D eigenvalue weighted by atomic mass is 10.1. The zero-order valence-corrected chi connectivity index (χ0v) is 23.5. The van der Waals surface area contributed by atoms with E-state index in [-0.39, 0.29) is 18.4 Å². The van der Waals surface area contributed by atoms with Gasteiger partial charge < -0.3 is 25.0 Å². The zero-order valence-electron chi connectivity index (χ0n) is 23.5. The van der Waals surface area contributed by atoms with Crippen molar-refractivity contribution in [2.24, 2.45) is 5.92 Å². The Hall–Kier alpha value is -4.79. The van der Waals surface area contributed by atoms with Crippen LogP contribution >= 0.6 is 0 Å². The van der Waals surface area contributed by atoms with Crippen LogP contribution in [-0.2, 0) is 4.79 Å². The molecule has 0 aliphatic heterocycles. The van der Waals surface area contributed by atoms with Crippen molar-refractivity contribution in [1.29, 1.82) is 0 Å². The molecule has 4 rings (SSSR count). The van der Waals surface area contributed by atoms with E-state index < -0.39 is 6.03 Å². The second-order valence-corrected chi connectivity index (χ2v) is 9.74. The summed E-state index contributed by atoms with van der Waals surface area (Å²) in [6.07, 6.45) is 0. The van der Waals surface area contributed by atoms with Gasteiger partial charge in [0.2, 0.25) is 5.91 Å². The maximum Gasteiger partial charge on any atom is 0.322 e. The lowest BCUT2D eigenvalue weighted by Gasteiger charge is -2.25. The van der Waals surface area contributed by atoms with Gasteiger partial charge in [0.25, 0.3) is 0 Å². The number of benzene rings is 3. The molecule has 1 aromatic heterocycles. The van der Waals surface area contributed by atoms with Gasteiger partial charge in [-0.2, -0.15) is 5.10 Å². The third-order valence-corrected chi connectivity index (χ3v) is 6.25. The first-order valence-electron chi connectivity index (χ1n) is 13.1. The van der Waals surface area contributed by atoms with Crippen LogP contribution in [0, 0.1) is 12.8 Å². The molecule has 4 aromatic rings. The lowest BCUT2D eigenvalue weighted by molar-refractivity contribution is -0.116. The van der Waals surface area contributed by atoms with Crippen LogP contribution in [0.2, 0.25) is 0 Å². The SMILES string of the molecule is COc1ccc(-n2nc(C)c(-c3ccccc3)c2NC(=O)CN(CC(C)C)C(=O)Nc2ccccc2OC)cc1. The normalized spacial score (nSPS) is 10.8. The maximum atomic E-state index is 13.5. The molecule has 0 radical (unpaired) electrons. The molecule has 3 amide bonds. The Bertz CT molecular complexity index is 1450. The van der Waals surface area contributed by atoms with Crippen molar-refractivity contribution >= 4 is 23.4 Å². The van der Waals surface area contributed by atoms with Gasteiger partial charge in [-0.15, -0.1) is 0 Å². The predicted octanol–water partition coefficient (Wildman–Crippen LogP) is 5.99. The molecule has 0 aliphatic carbocycles. The second kappa shape index (κ2) is 12.8. The third-order valence-electron chi connectivity index (χ3n) is 6.25. The summed E-state index contributed by atoms with van der Waals surface area (Å²) in [4.78, 5) is 28.3. The Labute approximate surface area is 234 Å². The fraction of sp³-hybridized carbons (Fsp3) is 0.258. The minimum atomic E-state index is -0.392. The van der Waals surface area contributed by atoms with Crippen LogP contribution in [0.15, 0.2) is 78.9 Å². The minimum absolute atomic E-state index is 0.142. The Morgan fingerprint density at radius 2 is 1.57 bits per heavy atom.